The van der Waals surface area contributed by atoms with Gasteiger partial charge in [-0.15, -0.1) is 0 Å². The van der Waals surface area contributed by atoms with Gasteiger partial charge in [0.15, 0.2) is 5.17 Å². The van der Waals surface area contributed by atoms with Gasteiger partial charge < -0.3 is 5.32 Å². The Morgan fingerprint density at radius 1 is 1.46 bits per heavy atom. The summed E-state index contributed by atoms with van der Waals surface area (Å²) in [5.74, 6) is 0. The third kappa shape index (κ3) is 2.94. The second kappa shape index (κ2) is 5.14. The highest BCUT2D eigenvalue weighted by Gasteiger charge is 2.00. The van der Waals surface area contributed by atoms with Gasteiger partial charge in [0.25, 0.3) is 0 Å². The zero-order chi connectivity index (χ0) is 9.68. The van der Waals surface area contributed by atoms with Gasteiger partial charge in [-0.3, -0.25) is 4.99 Å². The van der Waals surface area contributed by atoms with Crippen LogP contribution in [0.1, 0.15) is 0 Å². The molecule has 0 fully saturated rings. The minimum atomic E-state index is 0.706. The van der Waals surface area contributed by atoms with E-state index < -0.39 is 0 Å². The number of hydrogen-bond acceptors (Lipinski definition) is 2. The van der Waals surface area contributed by atoms with Crippen LogP contribution in [0.4, 0.5) is 5.69 Å². The molecule has 0 aliphatic carbocycles. The molecule has 0 radical (unpaired) electrons. The van der Waals surface area contributed by atoms with E-state index in [4.69, 9.17) is 11.6 Å². The lowest BCUT2D eigenvalue weighted by atomic mass is 10.3. The van der Waals surface area contributed by atoms with E-state index in [1.807, 2.05) is 30.5 Å². The molecule has 1 rings (SSSR count). The van der Waals surface area contributed by atoms with Gasteiger partial charge >= 0.3 is 0 Å². The fraction of sp³-hybridized carbons (Fsp3) is 0.222. The summed E-state index contributed by atoms with van der Waals surface area (Å²) in [4.78, 5) is 4.05. The molecule has 0 amide bonds. The number of para-hydroxylation sites is 1. The van der Waals surface area contributed by atoms with Crippen LogP contribution in [0, 0.1) is 0 Å². The van der Waals surface area contributed by atoms with Gasteiger partial charge in [-0.05, 0) is 18.4 Å². The monoisotopic (exact) mass is 214 g/mol. The molecule has 0 aromatic heterocycles. The SMILES string of the molecule is CN=C(Nc1ccccc1Cl)SC. The van der Waals surface area contributed by atoms with E-state index in [0.717, 1.165) is 10.9 Å². The van der Waals surface area contributed by atoms with Gasteiger partial charge in [-0.25, -0.2) is 0 Å². The minimum Gasteiger partial charge on any atom is -0.334 e. The fourth-order valence-corrected chi connectivity index (χ4v) is 1.45. The van der Waals surface area contributed by atoms with Crippen LogP contribution in [-0.4, -0.2) is 18.5 Å². The largest absolute Gasteiger partial charge is 0.334 e. The van der Waals surface area contributed by atoms with Crippen molar-refractivity contribution in [2.24, 2.45) is 4.99 Å². The first kappa shape index (κ1) is 10.4. The summed E-state index contributed by atoms with van der Waals surface area (Å²) in [7, 11) is 1.75. The molecule has 13 heavy (non-hydrogen) atoms. The molecule has 0 saturated heterocycles. The third-order valence-corrected chi connectivity index (χ3v) is 2.51. The first-order chi connectivity index (χ1) is 6.27. The molecule has 70 valence electrons. The summed E-state index contributed by atoms with van der Waals surface area (Å²) < 4.78 is 0. The number of anilines is 1. The Bertz CT molecular complexity index is 312. The first-order valence-corrected chi connectivity index (χ1v) is 5.40. The zero-order valence-corrected chi connectivity index (χ0v) is 9.12. The van der Waals surface area contributed by atoms with Gasteiger partial charge in [0.1, 0.15) is 0 Å². The molecular formula is C9H11ClN2S. The molecule has 0 atom stereocenters. The summed E-state index contributed by atoms with van der Waals surface area (Å²) >= 11 is 7.51. The van der Waals surface area contributed by atoms with Crippen LogP contribution in [0.25, 0.3) is 0 Å². The molecule has 0 heterocycles. The lowest BCUT2D eigenvalue weighted by molar-refractivity contribution is 1.45. The van der Waals surface area contributed by atoms with Crippen molar-refractivity contribution in [3.8, 4) is 0 Å². The van der Waals surface area contributed by atoms with Crippen LogP contribution < -0.4 is 5.32 Å². The van der Waals surface area contributed by atoms with Crippen LogP contribution in [0.2, 0.25) is 5.02 Å². The minimum absolute atomic E-state index is 0.706. The maximum absolute atomic E-state index is 5.96. The lowest BCUT2D eigenvalue weighted by Crippen LogP contribution is -2.06. The highest BCUT2D eigenvalue weighted by atomic mass is 35.5. The summed E-state index contributed by atoms with van der Waals surface area (Å²) in [6.07, 6.45) is 1.96. The van der Waals surface area contributed by atoms with Crippen LogP contribution in [0.15, 0.2) is 29.3 Å². The molecule has 0 aliphatic heterocycles. The molecule has 4 heteroatoms. The van der Waals surface area contributed by atoms with Crippen molar-refractivity contribution in [2.45, 2.75) is 0 Å². The van der Waals surface area contributed by atoms with Gasteiger partial charge in [0, 0.05) is 7.05 Å². The highest BCUT2D eigenvalue weighted by Crippen LogP contribution is 2.21. The molecular weight excluding hydrogens is 204 g/mol. The number of benzene rings is 1. The van der Waals surface area contributed by atoms with Gasteiger partial charge in [0.2, 0.25) is 0 Å². The number of nitrogens with zero attached hydrogens (tertiary/aromatic N) is 1. The zero-order valence-electron chi connectivity index (χ0n) is 7.54. The smallest absolute Gasteiger partial charge is 0.160 e. The van der Waals surface area contributed by atoms with E-state index in [0.29, 0.717) is 5.02 Å². The topological polar surface area (TPSA) is 24.4 Å². The Balaban J connectivity index is 2.80. The van der Waals surface area contributed by atoms with E-state index >= 15 is 0 Å². The Labute approximate surface area is 87.4 Å². The summed E-state index contributed by atoms with van der Waals surface area (Å²) in [6.45, 7) is 0. The van der Waals surface area contributed by atoms with Crippen LogP contribution in [0.3, 0.4) is 0 Å². The van der Waals surface area contributed by atoms with E-state index in [9.17, 15) is 0 Å². The predicted octanol–water partition coefficient (Wildman–Crippen LogP) is 3.10. The van der Waals surface area contributed by atoms with Crippen LogP contribution >= 0.6 is 23.4 Å². The molecule has 0 aliphatic rings. The molecule has 1 aromatic rings. The predicted molar refractivity (Wildman–Crippen MR) is 61.9 cm³/mol. The second-order valence-electron chi connectivity index (χ2n) is 2.34. The molecule has 0 bridgehead atoms. The Morgan fingerprint density at radius 2 is 2.15 bits per heavy atom. The standard InChI is InChI=1S/C9H11ClN2S/c1-11-9(13-2)12-8-6-4-3-5-7(8)10/h3-6H,1-2H3,(H,11,12). The summed E-state index contributed by atoms with van der Waals surface area (Å²) in [5, 5.41) is 4.69. The number of rotatable bonds is 1. The summed E-state index contributed by atoms with van der Waals surface area (Å²) in [5.41, 5.74) is 0.888. The van der Waals surface area contributed by atoms with Crippen LogP contribution in [0.5, 0.6) is 0 Å². The lowest BCUT2D eigenvalue weighted by Gasteiger charge is -2.07. The number of nitrogens with one attached hydrogen (secondary N) is 1. The maximum atomic E-state index is 5.96. The molecule has 1 N–H and O–H groups in total. The number of aliphatic imine (C=N–C) groups is 1. The van der Waals surface area contributed by atoms with Crippen molar-refractivity contribution in [1.82, 2.24) is 0 Å². The van der Waals surface area contributed by atoms with Gasteiger partial charge in [0.05, 0.1) is 10.7 Å². The molecule has 1 aromatic carbocycles. The maximum Gasteiger partial charge on any atom is 0.160 e. The average Bonchev–Trinajstić information content (AvgIpc) is 2.17. The molecule has 2 nitrogen and oxygen atoms in total. The number of amidine groups is 1. The number of thioether (sulfide) groups is 1. The van der Waals surface area contributed by atoms with Gasteiger partial charge in [-0.1, -0.05) is 35.5 Å². The van der Waals surface area contributed by atoms with Gasteiger partial charge in [-0.2, -0.15) is 0 Å². The van der Waals surface area contributed by atoms with E-state index in [1.54, 1.807) is 18.8 Å². The first-order valence-electron chi connectivity index (χ1n) is 3.80. The van der Waals surface area contributed by atoms with E-state index in [2.05, 4.69) is 10.3 Å². The third-order valence-electron chi connectivity index (χ3n) is 1.51. The van der Waals surface area contributed by atoms with Crippen molar-refractivity contribution < 1.29 is 0 Å². The molecule has 0 spiro atoms. The van der Waals surface area contributed by atoms with Crippen molar-refractivity contribution >= 4 is 34.2 Å². The van der Waals surface area contributed by atoms with E-state index in [1.165, 1.54) is 0 Å². The van der Waals surface area contributed by atoms with Crippen molar-refractivity contribution in [1.29, 1.82) is 0 Å². The normalized spacial score (nSPS) is 11.5. The van der Waals surface area contributed by atoms with Crippen molar-refractivity contribution in [3.63, 3.8) is 0 Å². The quantitative estimate of drug-likeness (QED) is 0.574. The van der Waals surface area contributed by atoms with Crippen molar-refractivity contribution in [2.75, 3.05) is 18.6 Å². The van der Waals surface area contributed by atoms with Crippen LogP contribution in [-0.2, 0) is 0 Å². The number of hydrogen-bond donors (Lipinski definition) is 1. The average molecular weight is 215 g/mol. The highest BCUT2D eigenvalue weighted by molar-refractivity contribution is 8.13. The Morgan fingerprint density at radius 3 is 2.69 bits per heavy atom. The number of halogens is 1. The fourth-order valence-electron chi connectivity index (χ4n) is 0.876. The molecule has 0 saturated carbocycles. The molecule has 0 unspecified atom stereocenters. The van der Waals surface area contributed by atoms with Crippen molar-refractivity contribution in [3.05, 3.63) is 29.3 Å². The van der Waals surface area contributed by atoms with E-state index in [-0.39, 0.29) is 0 Å². The Hall–Kier alpha value is -0.670. The second-order valence-corrected chi connectivity index (χ2v) is 3.54. The summed E-state index contributed by atoms with van der Waals surface area (Å²) in [6, 6.07) is 7.60. The Kier molecular flexibility index (Phi) is 4.12.